The normalized spacial score (nSPS) is 21.9. The van der Waals surface area contributed by atoms with E-state index < -0.39 is 106 Å². The zero-order chi connectivity index (χ0) is 60.2. The minimum atomic E-state index is -4.54. The lowest BCUT2D eigenvalue weighted by atomic mass is 10.1. The number of methoxy groups -OCH3 is 1. The van der Waals surface area contributed by atoms with Crippen molar-refractivity contribution in [3.63, 3.8) is 0 Å². The third kappa shape index (κ3) is 12.7. The number of amides is 1. The molecule has 1 unspecified atom stereocenters. The Hall–Kier alpha value is -6.55. The number of imidazole rings is 1. The van der Waals surface area contributed by atoms with Crippen LogP contribution in [0.25, 0.3) is 11.2 Å². The number of hydrogen-bond donors (Lipinski definition) is 3. The summed E-state index contributed by atoms with van der Waals surface area (Å²) >= 11 is 5.96. The number of benzene rings is 5. The molecule has 8 aromatic rings. The van der Waals surface area contributed by atoms with Crippen LogP contribution in [-0.4, -0.2) is 127 Å². The number of carbonyl (C=O) groups is 1. The zero-order valence-electron chi connectivity index (χ0n) is 48.1. The highest BCUT2D eigenvalue weighted by atomic mass is 32.5. The number of ether oxygens (including phenoxy) is 4. The quantitative estimate of drug-likeness (QED) is 0.0356. The Morgan fingerprint density at radius 1 is 0.694 bits per heavy atom. The van der Waals surface area contributed by atoms with E-state index in [1.807, 2.05) is 121 Å². The van der Waals surface area contributed by atoms with Gasteiger partial charge in [0.2, 0.25) is 0 Å². The van der Waals surface area contributed by atoms with Crippen molar-refractivity contribution in [3.05, 3.63) is 203 Å². The Morgan fingerprint density at radius 3 is 1.76 bits per heavy atom. The molecule has 10 rings (SSSR count). The molecule has 5 heterocycles. The van der Waals surface area contributed by atoms with Gasteiger partial charge in [0, 0.05) is 24.9 Å². The second-order valence-corrected chi connectivity index (χ2v) is 34.2. The van der Waals surface area contributed by atoms with Gasteiger partial charge in [-0.3, -0.25) is 28.2 Å². The van der Waals surface area contributed by atoms with Crippen LogP contribution < -0.4 is 37.3 Å². The summed E-state index contributed by atoms with van der Waals surface area (Å²) in [6, 6.07) is 49.2. The molecule has 0 aliphatic carbocycles. The molecule has 3 N–H and O–H groups in total. The number of nitrogens with zero attached hydrogens (tertiary/aromatic N) is 5. The fourth-order valence-corrected chi connectivity index (χ4v) is 22.3. The van der Waals surface area contributed by atoms with Crippen LogP contribution in [0.2, 0.25) is 10.1 Å². The van der Waals surface area contributed by atoms with Crippen molar-refractivity contribution in [2.75, 3.05) is 38.9 Å². The Bertz CT molecular complexity index is 3640. The van der Waals surface area contributed by atoms with Gasteiger partial charge in [0.1, 0.15) is 36.8 Å². The lowest BCUT2D eigenvalue weighted by molar-refractivity contribution is -0.0813. The summed E-state index contributed by atoms with van der Waals surface area (Å²) in [4.78, 5) is 67.8. The highest BCUT2D eigenvalue weighted by molar-refractivity contribution is 8.07. The number of alkyl halides is 1. The van der Waals surface area contributed by atoms with Crippen LogP contribution in [-0.2, 0) is 48.7 Å². The average molecular weight is 1230 g/mol. The van der Waals surface area contributed by atoms with Crippen LogP contribution in [0.4, 0.5) is 10.2 Å². The summed E-state index contributed by atoms with van der Waals surface area (Å²) in [5.41, 5.74) is -0.728. The second kappa shape index (κ2) is 25.8. The number of aromatic nitrogens is 6. The minimum Gasteiger partial charge on any atom is -0.405 e. The van der Waals surface area contributed by atoms with Gasteiger partial charge < -0.3 is 42.5 Å². The number of nitrogens with one attached hydrogen (secondary N) is 2. The summed E-state index contributed by atoms with van der Waals surface area (Å²) < 4.78 is 74.3. The van der Waals surface area contributed by atoms with Gasteiger partial charge in [0.05, 0.1) is 32.8 Å². The van der Waals surface area contributed by atoms with Crippen molar-refractivity contribution in [2.24, 2.45) is 0 Å². The molecule has 24 heteroatoms. The van der Waals surface area contributed by atoms with Gasteiger partial charge in [-0.2, -0.15) is 0 Å². The predicted molar refractivity (Wildman–Crippen MR) is 329 cm³/mol. The molecule has 2 aliphatic rings. The number of carbonyl (C=O) groups excluding carboxylic acids is 1. The maximum Gasteiger partial charge on any atom is 0.330 e. The molecule has 0 bridgehead atoms. The van der Waals surface area contributed by atoms with E-state index in [2.05, 4.69) is 66.8 Å². The van der Waals surface area contributed by atoms with Crippen LogP contribution in [0.1, 0.15) is 64.4 Å². The van der Waals surface area contributed by atoms with E-state index in [1.165, 1.54) is 41.2 Å². The Labute approximate surface area is 498 Å². The molecule has 0 radical (unpaired) electrons. The molecule has 2 aliphatic heterocycles. The molecule has 19 nitrogen and oxygen atoms in total. The molecule has 9 atom stereocenters. The lowest BCUT2D eigenvalue weighted by Crippen LogP contribution is -2.69. The van der Waals surface area contributed by atoms with Crippen LogP contribution in [0.5, 0.6) is 0 Å². The summed E-state index contributed by atoms with van der Waals surface area (Å²) in [5, 5.41) is 5.37. The lowest BCUT2D eigenvalue weighted by Gasteiger charge is -2.45. The maximum absolute atomic E-state index is 18.4. The molecule has 85 heavy (non-hydrogen) atoms. The molecular formula is C61H69FN7O12PSSi2. The Morgan fingerprint density at radius 2 is 1.22 bits per heavy atom. The van der Waals surface area contributed by atoms with Crippen LogP contribution in [0.3, 0.4) is 0 Å². The van der Waals surface area contributed by atoms with Gasteiger partial charge >= 0.3 is 12.4 Å². The fourth-order valence-electron chi connectivity index (χ4n) is 11.6. The van der Waals surface area contributed by atoms with Crippen LogP contribution >= 0.6 is 6.72 Å². The van der Waals surface area contributed by atoms with Crippen molar-refractivity contribution >= 4 is 78.8 Å². The number of hydrogen-bond acceptors (Lipinski definition) is 15. The average Bonchev–Trinajstić information content (AvgIpc) is 1.88. The van der Waals surface area contributed by atoms with Gasteiger partial charge in [0.25, 0.3) is 28.1 Å². The van der Waals surface area contributed by atoms with E-state index >= 15 is 4.39 Å². The molecule has 0 spiro atoms. The Balaban J connectivity index is 1.02. The first-order valence-electron chi connectivity index (χ1n) is 27.9. The van der Waals surface area contributed by atoms with Gasteiger partial charge in [-0.1, -0.05) is 181 Å². The first-order valence-corrected chi connectivity index (χ1v) is 34.3. The fraction of sp³-hybridized carbons (Fsp3) is 0.344. The topological polar surface area (TPSA) is 222 Å². The molecule has 1 amide bonds. The van der Waals surface area contributed by atoms with Gasteiger partial charge in [0.15, 0.2) is 35.6 Å². The molecule has 3 aromatic heterocycles. The van der Waals surface area contributed by atoms with E-state index in [1.54, 1.807) is 30.3 Å². The van der Waals surface area contributed by atoms with E-state index in [0.717, 1.165) is 20.7 Å². The van der Waals surface area contributed by atoms with Gasteiger partial charge in [-0.15, -0.1) is 0 Å². The summed E-state index contributed by atoms with van der Waals surface area (Å²) in [5.74, 6) is -0.350. The summed E-state index contributed by atoms with van der Waals surface area (Å²) in [6.07, 6.45) is -7.17. The van der Waals surface area contributed by atoms with E-state index in [-0.39, 0.29) is 36.8 Å². The smallest absolute Gasteiger partial charge is 0.330 e. The number of H-pyrrole nitrogens is 1. The van der Waals surface area contributed by atoms with Gasteiger partial charge in [-0.05, 0) is 54.8 Å². The first kappa shape index (κ1) is 61.5. The second-order valence-electron chi connectivity index (χ2n) is 22.8. The molecule has 2 fully saturated rings. The van der Waals surface area contributed by atoms with E-state index in [9.17, 15) is 19.3 Å². The molecule has 5 aromatic carbocycles. The predicted octanol–water partition coefficient (Wildman–Crippen LogP) is 6.93. The van der Waals surface area contributed by atoms with E-state index in [0.29, 0.717) is 5.56 Å². The molecule has 446 valence electrons. The first-order chi connectivity index (χ1) is 40.8. The van der Waals surface area contributed by atoms with Crippen LogP contribution in [0.15, 0.2) is 186 Å². The summed E-state index contributed by atoms with van der Waals surface area (Å²) in [7, 11) is -5.38. The highest BCUT2D eigenvalue weighted by Gasteiger charge is 2.59. The maximum atomic E-state index is 18.4. The van der Waals surface area contributed by atoms with Crippen molar-refractivity contribution in [1.82, 2.24) is 29.1 Å². The molecule has 0 saturated carbocycles. The number of fused-ring (bicyclic) bond motifs is 1. The third-order valence-corrected chi connectivity index (χ3v) is 27.0. The number of rotatable bonds is 22. The summed E-state index contributed by atoms with van der Waals surface area (Å²) in [6.45, 7) is 7.37. The third-order valence-electron chi connectivity index (χ3n) is 15.4. The van der Waals surface area contributed by atoms with Crippen LogP contribution in [0, 0.1) is 0 Å². The van der Waals surface area contributed by atoms with Crippen molar-refractivity contribution in [2.45, 2.75) is 101 Å². The molecule has 2 saturated heterocycles. The SMILES string of the molecule is COCCO[C@@H]1[C@H](OP(O)(=S)OC[C@H]2O[C@@H](n3cnc4c(NC(=O)c5ccccc5)ncnc43)[C@H](F)[C@@H]2O[Si](c2ccccc2)(c2ccccc2)C(C)(C)C)[C@@H](CO[Si](c2ccccc2)(c2ccccc2)C(C)(C)C)O[C@H]1n1ccc(=O)[nH]c1=O. The number of halogens is 1. The number of anilines is 1. The highest BCUT2D eigenvalue weighted by Crippen LogP contribution is 2.51. The van der Waals surface area contributed by atoms with Crippen molar-refractivity contribution < 1.29 is 50.9 Å². The number of aromatic amines is 1. The van der Waals surface area contributed by atoms with Crippen molar-refractivity contribution in [1.29, 1.82) is 0 Å². The van der Waals surface area contributed by atoms with Crippen molar-refractivity contribution in [3.8, 4) is 0 Å². The standard InChI is InChI=1S/C61H69FN7O12PSSi2/c1-60(2,3)84(42-25-15-9-16-26-42,43-27-17-10-18-28-43)77-38-47-52(53(75-36-35-74-7)58(79-47)68-34-33-48(70)66-59(68)72)80-82(73,83)76-37-46-51(81-85(61(4,5)6,44-29-19-11-20-30-44)45-31-21-12-22-32-45)49(62)57(78-46)69-40-65-50-54(63-39-64-55(50)69)67-56(71)41-23-13-8-14-24-41/h8-34,39-40,46-47,49,51-53,57-58H,35-38H2,1-7H3,(H,73,83)(H,66,70,72)(H,63,64,67,71)/t46-,47-,49-,51-,52-,53-,57-,58-,82?/m1/s1. The monoisotopic (exact) mass is 1230 g/mol. The largest absolute Gasteiger partial charge is 0.405 e. The molecular weight excluding hydrogens is 1160 g/mol. The van der Waals surface area contributed by atoms with E-state index in [4.69, 9.17) is 48.7 Å². The minimum absolute atomic E-state index is 0.0262. The van der Waals surface area contributed by atoms with Gasteiger partial charge in [-0.25, -0.2) is 24.1 Å². The zero-order valence-corrected chi connectivity index (χ0v) is 51.8. The Kier molecular flexibility index (Phi) is 18.7.